The Morgan fingerprint density at radius 2 is 1.38 bits per heavy atom. The smallest absolute Gasteiger partial charge is 0.311 e. The number of hydrogen-bond donors (Lipinski definition) is 6. The predicted molar refractivity (Wildman–Crippen MR) is 263 cm³/mol. The number of esters is 1. The van der Waals surface area contributed by atoms with Crippen LogP contribution in [0.2, 0.25) is 0 Å². The highest BCUT2D eigenvalue weighted by Crippen LogP contribution is 2.44. The van der Waals surface area contributed by atoms with Gasteiger partial charge in [-0.15, -0.1) is 0 Å². The summed E-state index contributed by atoms with van der Waals surface area (Å²) >= 11 is 0. The lowest BCUT2D eigenvalue weighted by Crippen LogP contribution is -2.66. The van der Waals surface area contributed by atoms with Crippen molar-refractivity contribution in [2.75, 3.05) is 13.7 Å². The first-order valence-electron chi connectivity index (χ1n) is 19.1. The molecule has 13 nitrogen and oxygen atoms in total. The molecule has 0 radical (unpaired) electrons. The maximum Gasteiger partial charge on any atom is 0.311 e. The van der Waals surface area contributed by atoms with E-state index in [1.807, 2.05) is 34.6 Å². The maximum absolute atomic E-state index is 14.2. The van der Waals surface area contributed by atoms with Crippen LogP contribution in [0.25, 0.3) is 0 Å². The molecule has 356 valence electrons. The first-order chi connectivity index (χ1) is 23.5. The Hall–Kier alpha value is 1.48. The monoisotopic (exact) mass is 971 g/mol. The summed E-state index contributed by atoms with van der Waals surface area (Å²) in [7, 11) is 1.53. The van der Waals surface area contributed by atoms with E-state index in [9.17, 15) is 30.3 Å². The van der Waals surface area contributed by atoms with Crippen LogP contribution in [0.1, 0.15) is 115 Å². The van der Waals surface area contributed by atoms with Gasteiger partial charge in [-0.25, -0.2) is 0 Å². The van der Waals surface area contributed by atoms with E-state index in [2.05, 4.69) is 5.32 Å². The third-order valence-corrected chi connectivity index (χ3v) is 12.4. The lowest BCUT2D eigenvalue weighted by atomic mass is 9.74. The van der Waals surface area contributed by atoms with Gasteiger partial charge in [0.1, 0.15) is 35.1 Å². The van der Waals surface area contributed by atoms with Gasteiger partial charge in [-0.2, -0.15) is 94.5 Å². The highest BCUT2D eigenvalue weighted by molar-refractivity contribution is 7.60. The van der Waals surface area contributed by atoms with E-state index >= 15 is 0 Å². The number of carbonyl (C=O) groups is 1. The molecule has 3 saturated heterocycles. The van der Waals surface area contributed by atoms with Gasteiger partial charge in [0.2, 0.25) is 0 Å². The summed E-state index contributed by atoms with van der Waals surface area (Å²) in [6, 6.07) is -0.583. The molecule has 2 unspecified atom stereocenters. The van der Waals surface area contributed by atoms with Crippen molar-refractivity contribution >= 4 is 100 Å². The van der Waals surface area contributed by atoms with Crippen molar-refractivity contribution in [3.05, 3.63) is 0 Å². The van der Waals surface area contributed by atoms with Crippen LogP contribution in [-0.2, 0) is 33.2 Å². The molecule has 0 spiro atoms. The molecule has 3 aliphatic heterocycles. The van der Waals surface area contributed by atoms with Gasteiger partial charge in [-0.1, -0.05) is 34.6 Å². The number of aliphatic hydroxyl groups is 5. The molecule has 3 aliphatic rings. The summed E-state index contributed by atoms with van der Waals surface area (Å²) < 4.78 is 37.7. The molecule has 18 atom stereocenters. The quantitative estimate of drug-likeness (QED) is 0.203. The second-order valence-corrected chi connectivity index (χ2v) is 16.8. The molecule has 0 bridgehead atoms. The van der Waals surface area contributed by atoms with Crippen molar-refractivity contribution < 1.29 is 58.7 Å². The first-order valence-corrected chi connectivity index (χ1v) is 19.1. The molecule has 58 heavy (non-hydrogen) atoms. The minimum Gasteiger partial charge on any atom is -0.459 e. The number of aliphatic hydroxyl groups excluding tert-OH is 2. The molecule has 0 aromatic carbocycles. The van der Waals surface area contributed by atoms with Crippen molar-refractivity contribution in [1.29, 1.82) is 0 Å². The predicted octanol–water partition coefficient (Wildman–Crippen LogP) is 3.83. The fourth-order valence-corrected chi connectivity index (χ4v) is 8.84. The Morgan fingerprint density at radius 3 is 1.88 bits per heavy atom. The minimum absolute atomic E-state index is 0. The number of nitrogens with one attached hydrogen (secondary N) is 1. The fourth-order valence-electron chi connectivity index (χ4n) is 8.84. The van der Waals surface area contributed by atoms with E-state index in [1.165, 1.54) is 14.0 Å². The molecule has 0 saturated carbocycles. The van der Waals surface area contributed by atoms with Crippen molar-refractivity contribution in [2.45, 2.75) is 199 Å². The Balaban J connectivity index is -0.00000134. The third kappa shape index (κ3) is 15.3. The van der Waals surface area contributed by atoms with Crippen LogP contribution in [0.15, 0.2) is 0 Å². The van der Waals surface area contributed by atoms with Crippen LogP contribution in [0, 0.1) is 23.7 Å². The van der Waals surface area contributed by atoms with E-state index in [-0.39, 0.29) is 132 Å². The number of hydrogen-bond acceptors (Lipinski definition) is 13. The summed E-state index contributed by atoms with van der Waals surface area (Å²) in [4.78, 5) is 14.2. The van der Waals surface area contributed by atoms with Crippen LogP contribution in [0.5, 0.6) is 0 Å². The summed E-state index contributed by atoms with van der Waals surface area (Å²) in [5, 5.41) is 61.4. The molecule has 6 N–H and O–H groups in total. The van der Waals surface area contributed by atoms with Gasteiger partial charge in [0.15, 0.2) is 12.6 Å². The molecule has 3 fully saturated rings. The molecular formula is C38H85NO12S7. The molecule has 0 amide bonds. The van der Waals surface area contributed by atoms with Crippen molar-refractivity contribution in [3.63, 3.8) is 0 Å². The highest BCUT2D eigenvalue weighted by atomic mass is 32.1. The lowest BCUT2D eigenvalue weighted by molar-refractivity contribution is -0.338. The summed E-state index contributed by atoms with van der Waals surface area (Å²) in [6.45, 7) is 21.7. The van der Waals surface area contributed by atoms with Gasteiger partial charge in [-0.3, -0.25) is 4.79 Å². The first kappa shape index (κ1) is 68.5. The number of rotatable bonds is 7. The number of cyclic esters (lactones) is 1. The van der Waals surface area contributed by atoms with Crippen LogP contribution in [-0.4, -0.2) is 129 Å². The molecule has 0 aromatic rings. The molecule has 3 heterocycles. The zero-order valence-electron chi connectivity index (χ0n) is 36.9. The van der Waals surface area contributed by atoms with Gasteiger partial charge < -0.3 is 59.3 Å². The number of carbonyl (C=O) groups excluding carboxylic acids is 1. The van der Waals surface area contributed by atoms with Gasteiger partial charge in [0.05, 0.1) is 35.9 Å². The Labute approximate surface area is 398 Å². The van der Waals surface area contributed by atoms with Crippen molar-refractivity contribution in [2.24, 2.45) is 23.7 Å². The van der Waals surface area contributed by atoms with Crippen LogP contribution in [0.3, 0.4) is 0 Å². The molecular weight excluding hydrogens is 887 g/mol. The molecule has 0 aliphatic carbocycles. The largest absolute Gasteiger partial charge is 0.459 e. The van der Waals surface area contributed by atoms with Crippen LogP contribution in [0.4, 0.5) is 0 Å². The van der Waals surface area contributed by atoms with Crippen molar-refractivity contribution in [1.82, 2.24) is 5.32 Å². The van der Waals surface area contributed by atoms with E-state index in [1.54, 1.807) is 41.5 Å². The second-order valence-electron chi connectivity index (χ2n) is 16.8. The molecule has 0 aromatic heterocycles. The van der Waals surface area contributed by atoms with E-state index in [0.29, 0.717) is 19.4 Å². The van der Waals surface area contributed by atoms with E-state index in [4.69, 9.17) is 28.4 Å². The SMILES string of the molecule is CC[C@H]1OC(=O)[C@H](C)[C@@H](O[C@H]2C[C@@](C)(OC)[C@](O)(CC)C(C)O2)[C@H](C)[C@@H](O[C@@H]2O[C@H](C)C[C@H](C)C2O)[C@](C)(O)C[C@@H](C)CN[C@H](C)[C@@H](O)[C@]1(C)O.S.S.S.S.S.S.S. The average Bonchev–Trinajstić information content (AvgIpc) is 3.06. The highest BCUT2D eigenvalue weighted by Gasteiger charge is 2.57. The number of methoxy groups -OCH3 is 1. The Bertz CT molecular complexity index is 1160. The fraction of sp³-hybridized carbons (Fsp3) is 0.974. The Kier molecular flexibility index (Phi) is 32.8. The third-order valence-electron chi connectivity index (χ3n) is 12.4. The van der Waals surface area contributed by atoms with E-state index < -0.39 is 95.5 Å². The standard InChI is InChI=1S/C38H71NO12.7H2S/c1-14-27-37(12,44)31(41)25(8)39-19-20(3)17-35(10,43)32(51-34-29(40)21(4)16-22(5)47-34)23(6)30(24(7)33(42)49-27)50-28-18-36(11,46-13)38(45,15-2)26(9)48-28;;;;;;;/h20-32,34,39-41,43-45H,14-19H2,1-13H3;7*1H2/t20-,21+,22-,23+,24-,25-,26?,27-,28+,29?,30+,31-,32-,34+,35-,36-,37-,38+;;;;;;;/m1......./s1. The lowest BCUT2D eigenvalue weighted by Gasteiger charge is -2.53. The molecule has 3 rings (SSSR count). The Morgan fingerprint density at radius 1 is 0.828 bits per heavy atom. The zero-order valence-corrected chi connectivity index (χ0v) is 43.9. The van der Waals surface area contributed by atoms with E-state index in [0.717, 1.165) is 0 Å². The minimum atomic E-state index is -1.80. The van der Waals surface area contributed by atoms with Crippen LogP contribution >= 0.6 is 94.5 Å². The van der Waals surface area contributed by atoms with Crippen LogP contribution < -0.4 is 5.32 Å². The molecule has 20 heteroatoms. The average molecular weight is 973 g/mol. The summed E-state index contributed by atoms with van der Waals surface area (Å²) in [5.74, 6) is -2.70. The summed E-state index contributed by atoms with van der Waals surface area (Å²) in [6.07, 6.45) is -6.67. The second kappa shape index (κ2) is 27.7. The van der Waals surface area contributed by atoms with Gasteiger partial charge in [0.25, 0.3) is 0 Å². The van der Waals surface area contributed by atoms with Crippen molar-refractivity contribution in [3.8, 4) is 0 Å². The van der Waals surface area contributed by atoms with Gasteiger partial charge in [-0.05, 0) is 92.5 Å². The number of ether oxygens (including phenoxy) is 6. The maximum atomic E-state index is 14.2. The normalized spacial score (nSPS) is 45.1. The summed E-state index contributed by atoms with van der Waals surface area (Å²) in [5.41, 5.74) is -5.72. The topological polar surface area (TPSA) is 186 Å². The van der Waals surface area contributed by atoms with Gasteiger partial charge in [0, 0.05) is 25.5 Å². The van der Waals surface area contributed by atoms with Gasteiger partial charge >= 0.3 is 5.97 Å². The zero-order chi connectivity index (χ0) is 38.9.